The van der Waals surface area contributed by atoms with Gasteiger partial charge < -0.3 is 5.32 Å². The van der Waals surface area contributed by atoms with Gasteiger partial charge in [0.1, 0.15) is 11.6 Å². The first-order valence-corrected chi connectivity index (χ1v) is 6.75. The number of rotatable bonds is 4. The van der Waals surface area contributed by atoms with E-state index in [9.17, 15) is 8.78 Å². The lowest BCUT2D eigenvalue weighted by molar-refractivity contribution is 0.588. The molecule has 2 rings (SSSR count). The zero-order chi connectivity index (χ0) is 14.7. The van der Waals surface area contributed by atoms with Crippen LogP contribution >= 0.6 is 0 Å². The predicted molar refractivity (Wildman–Crippen MR) is 78.5 cm³/mol. The highest BCUT2D eigenvalue weighted by molar-refractivity contribution is 5.65. The van der Waals surface area contributed by atoms with Crippen molar-refractivity contribution >= 4 is 0 Å². The van der Waals surface area contributed by atoms with Crippen LogP contribution in [-0.2, 0) is 6.54 Å². The molecule has 0 spiro atoms. The average Bonchev–Trinajstić information content (AvgIpc) is 2.41. The van der Waals surface area contributed by atoms with Gasteiger partial charge in [0, 0.05) is 18.2 Å². The Morgan fingerprint density at radius 2 is 1.80 bits per heavy atom. The van der Waals surface area contributed by atoms with E-state index in [0.717, 1.165) is 5.56 Å². The van der Waals surface area contributed by atoms with Crippen LogP contribution in [0.1, 0.15) is 25.0 Å². The minimum absolute atomic E-state index is 0.305. The second-order valence-electron chi connectivity index (χ2n) is 5.32. The highest BCUT2D eigenvalue weighted by Crippen LogP contribution is 2.26. The molecule has 0 radical (unpaired) electrons. The molecule has 2 aromatic carbocycles. The molecule has 0 saturated heterocycles. The molecule has 0 unspecified atom stereocenters. The van der Waals surface area contributed by atoms with Crippen molar-refractivity contribution in [1.82, 2.24) is 5.32 Å². The standard InChI is InChI=1S/C17H19F2N/c1-11(2)20-10-13-5-4-6-14(8-13)15-9-16(18)12(3)7-17(15)19/h4-9,11,20H,10H2,1-3H3. The first kappa shape index (κ1) is 14.7. The van der Waals surface area contributed by atoms with Gasteiger partial charge in [-0.25, -0.2) is 8.78 Å². The van der Waals surface area contributed by atoms with E-state index in [-0.39, 0.29) is 5.82 Å². The monoisotopic (exact) mass is 275 g/mol. The molecule has 3 heteroatoms. The van der Waals surface area contributed by atoms with Crippen LogP contribution in [0.25, 0.3) is 11.1 Å². The maximum Gasteiger partial charge on any atom is 0.131 e. The molecule has 0 fully saturated rings. The SMILES string of the molecule is Cc1cc(F)c(-c2cccc(CNC(C)C)c2)cc1F. The number of hydrogen-bond donors (Lipinski definition) is 1. The van der Waals surface area contributed by atoms with Crippen molar-refractivity contribution in [2.75, 3.05) is 0 Å². The summed E-state index contributed by atoms with van der Waals surface area (Å²) in [5.74, 6) is -0.773. The normalized spacial score (nSPS) is 11.1. The Morgan fingerprint density at radius 1 is 1.05 bits per heavy atom. The topological polar surface area (TPSA) is 12.0 Å². The van der Waals surface area contributed by atoms with E-state index in [1.807, 2.05) is 18.2 Å². The Hall–Kier alpha value is -1.74. The Balaban J connectivity index is 2.33. The molecule has 0 bridgehead atoms. The van der Waals surface area contributed by atoms with Gasteiger partial charge in [0.2, 0.25) is 0 Å². The summed E-state index contributed by atoms with van der Waals surface area (Å²) in [6.45, 7) is 6.41. The van der Waals surface area contributed by atoms with Crippen molar-refractivity contribution in [2.45, 2.75) is 33.4 Å². The maximum absolute atomic E-state index is 14.0. The number of hydrogen-bond acceptors (Lipinski definition) is 1. The van der Waals surface area contributed by atoms with Crippen molar-refractivity contribution in [1.29, 1.82) is 0 Å². The summed E-state index contributed by atoms with van der Waals surface area (Å²) in [6, 6.07) is 10.4. The summed E-state index contributed by atoms with van der Waals surface area (Å²) in [6.07, 6.45) is 0. The van der Waals surface area contributed by atoms with Crippen molar-refractivity contribution < 1.29 is 8.78 Å². The van der Waals surface area contributed by atoms with Gasteiger partial charge in [-0.1, -0.05) is 32.0 Å². The van der Waals surface area contributed by atoms with E-state index in [2.05, 4.69) is 19.2 Å². The van der Waals surface area contributed by atoms with Crippen LogP contribution in [-0.4, -0.2) is 6.04 Å². The lowest BCUT2D eigenvalue weighted by Crippen LogP contribution is -2.21. The lowest BCUT2D eigenvalue weighted by Gasteiger charge is -2.10. The summed E-state index contributed by atoms with van der Waals surface area (Å²) in [5.41, 5.74) is 2.38. The number of benzene rings is 2. The van der Waals surface area contributed by atoms with Gasteiger partial charge in [-0.2, -0.15) is 0 Å². The maximum atomic E-state index is 14.0. The summed E-state index contributed by atoms with van der Waals surface area (Å²) in [4.78, 5) is 0. The Morgan fingerprint density at radius 3 is 2.50 bits per heavy atom. The zero-order valence-corrected chi connectivity index (χ0v) is 12.0. The van der Waals surface area contributed by atoms with Crippen molar-refractivity contribution in [2.24, 2.45) is 0 Å². The molecule has 2 aromatic rings. The average molecular weight is 275 g/mol. The van der Waals surface area contributed by atoms with E-state index in [1.54, 1.807) is 13.0 Å². The van der Waals surface area contributed by atoms with Gasteiger partial charge in [-0.3, -0.25) is 0 Å². The third-order valence-electron chi connectivity index (χ3n) is 3.20. The molecule has 1 N–H and O–H groups in total. The van der Waals surface area contributed by atoms with E-state index < -0.39 is 5.82 Å². The molecule has 0 aromatic heterocycles. The van der Waals surface area contributed by atoms with Gasteiger partial charge in [-0.15, -0.1) is 0 Å². The van der Waals surface area contributed by atoms with Gasteiger partial charge in [-0.05, 0) is 41.8 Å². The minimum Gasteiger partial charge on any atom is -0.310 e. The summed E-state index contributed by atoms with van der Waals surface area (Å²) in [7, 11) is 0. The summed E-state index contributed by atoms with van der Waals surface area (Å²) in [5, 5.41) is 3.31. The van der Waals surface area contributed by atoms with Crippen LogP contribution in [0, 0.1) is 18.6 Å². The summed E-state index contributed by atoms with van der Waals surface area (Å²) >= 11 is 0. The Kier molecular flexibility index (Phi) is 4.50. The fourth-order valence-corrected chi connectivity index (χ4v) is 2.04. The number of aryl methyl sites for hydroxylation is 1. The second kappa shape index (κ2) is 6.14. The first-order valence-electron chi connectivity index (χ1n) is 6.75. The zero-order valence-electron chi connectivity index (χ0n) is 12.0. The first-order chi connectivity index (χ1) is 9.47. The van der Waals surface area contributed by atoms with Gasteiger partial charge in [0.05, 0.1) is 0 Å². The summed E-state index contributed by atoms with van der Waals surface area (Å²) < 4.78 is 27.6. The number of halogens is 2. The van der Waals surface area contributed by atoms with Crippen LogP contribution in [0.3, 0.4) is 0 Å². The molecule has 0 aliphatic heterocycles. The number of nitrogens with one attached hydrogen (secondary N) is 1. The van der Waals surface area contributed by atoms with Crippen LogP contribution in [0.4, 0.5) is 8.78 Å². The van der Waals surface area contributed by atoms with E-state index >= 15 is 0 Å². The molecular formula is C17H19F2N. The molecule has 0 aliphatic carbocycles. The molecule has 0 heterocycles. The molecule has 0 atom stereocenters. The molecular weight excluding hydrogens is 256 g/mol. The van der Waals surface area contributed by atoms with E-state index in [1.165, 1.54) is 12.1 Å². The quantitative estimate of drug-likeness (QED) is 0.870. The highest BCUT2D eigenvalue weighted by Gasteiger charge is 2.09. The largest absolute Gasteiger partial charge is 0.310 e. The fourth-order valence-electron chi connectivity index (χ4n) is 2.04. The Bertz CT molecular complexity index is 606. The van der Waals surface area contributed by atoms with Gasteiger partial charge in [0.25, 0.3) is 0 Å². The predicted octanol–water partition coefficient (Wildman–Crippen LogP) is 4.44. The molecule has 0 saturated carbocycles. The van der Waals surface area contributed by atoms with Crippen molar-refractivity contribution in [3.8, 4) is 11.1 Å². The molecule has 106 valence electrons. The minimum atomic E-state index is -0.391. The molecule has 0 amide bonds. The molecule has 1 nitrogen and oxygen atoms in total. The van der Waals surface area contributed by atoms with Crippen LogP contribution in [0.15, 0.2) is 36.4 Å². The fraction of sp³-hybridized carbons (Fsp3) is 0.294. The molecule has 0 aliphatic rings. The van der Waals surface area contributed by atoms with Crippen molar-refractivity contribution in [3.63, 3.8) is 0 Å². The lowest BCUT2D eigenvalue weighted by atomic mass is 10.0. The van der Waals surface area contributed by atoms with E-state index in [4.69, 9.17) is 0 Å². The van der Waals surface area contributed by atoms with Gasteiger partial charge >= 0.3 is 0 Å². The Labute approximate surface area is 118 Å². The van der Waals surface area contributed by atoms with Gasteiger partial charge in [0.15, 0.2) is 0 Å². The van der Waals surface area contributed by atoms with Crippen LogP contribution in [0.2, 0.25) is 0 Å². The second-order valence-corrected chi connectivity index (χ2v) is 5.32. The van der Waals surface area contributed by atoms with Crippen LogP contribution < -0.4 is 5.32 Å². The van der Waals surface area contributed by atoms with Crippen LogP contribution in [0.5, 0.6) is 0 Å². The van der Waals surface area contributed by atoms with Crippen molar-refractivity contribution in [3.05, 3.63) is 59.2 Å². The third kappa shape index (κ3) is 3.42. The van der Waals surface area contributed by atoms with E-state index in [0.29, 0.717) is 29.3 Å². The highest BCUT2D eigenvalue weighted by atomic mass is 19.1. The smallest absolute Gasteiger partial charge is 0.131 e. The third-order valence-corrected chi connectivity index (χ3v) is 3.20. The molecule has 20 heavy (non-hydrogen) atoms.